The van der Waals surface area contributed by atoms with Crippen molar-refractivity contribution in [2.75, 3.05) is 6.54 Å². The van der Waals surface area contributed by atoms with Crippen LogP contribution >= 0.6 is 22.9 Å². The van der Waals surface area contributed by atoms with Crippen LogP contribution in [-0.4, -0.2) is 45.7 Å². The van der Waals surface area contributed by atoms with E-state index in [-0.39, 0.29) is 18.4 Å². The largest absolute Gasteiger partial charge is 0.380 e. The third kappa shape index (κ3) is 6.27. The zero-order valence-electron chi connectivity index (χ0n) is 18.9. The number of aliphatic hydroxyl groups excluding tert-OH is 2. The molecule has 2 amide bonds. The average molecular weight is 517 g/mol. The number of amides is 2. The van der Waals surface area contributed by atoms with Gasteiger partial charge in [-0.25, -0.2) is 4.39 Å². The third-order valence-electron chi connectivity index (χ3n) is 6.05. The van der Waals surface area contributed by atoms with E-state index in [0.717, 1.165) is 21.6 Å². The molecule has 35 heavy (non-hydrogen) atoms. The molecule has 2 heterocycles. The van der Waals surface area contributed by atoms with Crippen molar-refractivity contribution >= 4 is 34.8 Å². The number of nitrogens with one attached hydrogen (secondary N) is 1. The Morgan fingerprint density at radius 2 is 1.89 bits per heavy atom. The molecule has 3 aromatic rings. The summed E-state index contributed by atoms with van der Waals surface area (Å²) in [6, 6.07) is 15.1. The maximum absolute atomic E-state index is 13.3. The minimum Gasteiger partial charge on any atom is -0.380 e. The van der Waals surface area contributed by atoms with E-state index in [2.05, 4.69) is 5.32 Å². The highest BCUT2D eigenvalue weighted by atomic mass is 35.5. The number of halogens is 2. The molecule has 0 spiro atoms. The molecule has 0 aliphatic carbocycles. The summed E-state index contributed by atoms with van der Waals surface area (Å²) in [5.74, 6) is -1.92. The Morgan fingerprint density at radius 3 is 2.63 bits per heavy atom. The predicted molar refractivity (Wildman–Crippen MR) is 133 cm³/mol. The van der Waals surface area contributed by atoms with E-state index < -0.39 is 24.0 Å². The zero-order chi connectivity index (χ0) is 24.9. The van der Waals surface area contributed by atoms with Gasteiger partial charge in [0.25, 0.3) is 11.8 Å². The molecule has 3 atom stereocenters. The summed E-state index contributed by atoms with van der Waals surface area (Å²) in [6.07, 6.45) is -1.73. The second-order valence-corrected chi connectivity index (χ2v) is 10.0. The van der Waals surface area contributed by atoms with Crippen LogP contribution in [0.15, 0.2) is 60.0 Å². The van der Waals surface area contributed by atoms with E-state index in [9.17, 15) is 24.2 Å². The molecule has 9 heteroatoms. The van der Waals surface area contributed by atoms with Crippen LogP contribution in [-0.2, 0) is 22.6 Å². The number of rotatable bonds is 8. The maximum Gasteiger partial charge on any atom is 0.255 e. The average Bonchev–Trinajstić information content (AvgIpc) is 3.51. The third-order valence-corrected chi connectivity index (χ3v) is 7.27. The number of carbonyl (C=O) groups excluding carboxylic acids is 2. The number of hydrogen-bond acceptors (Lipinski definition) is 5. The molecule has 3 N–H and O–H groups in total. The van der Waals surface area contributed by atoms with Gasteiger partial charge in [0.15, 0.2) is 12.2 Å². The summed E-state index contributed by atoms with van der Waals surface area (Å²) in [5.41, 5.74) is 2.89. The minimum absolute atomic E-state index is 0.166. The van der Waals surface area contributed by atoms with Gasteiger partial charge in [-0.2, -0.15) is 0 Å². The molecule has 0 radical (unpaired) electrons. The van der Waals surface area contributed by atoms with Crippen molar-refractivity contribution in [1.29, 1.82) is 0 Å². The van der Waals surface area contributed by atoms with Gasteiger partial charge in [0.05, 0.1) is 12.6 Å². The summed E-state index contributed by atoms with van der Waals surface area (Å²) in [7, 11) is 0. The molecule has 6 nitrogen and oxygen atoms in total. The molecular formula is C26H26ClFN2O4S. The Hall–Kier alpha value is -2.78. The molecule has 1 aromatic heterocycles. The van der Waals surface area contributed by atoms with Gasteiger partial charge in [0.1, 0.15) is 5.82 Å². The fourth-order valence-electron chi connectivity index (χ4n) is 4.28. The van der Waals surface area contributed by atoms with Crippen molar-refractivity contribution in [3.05, 3.63) is 92.4 Å². The summed E-state index contributed by atoms with van der Waals surface area (Å²) in [6.45, 7) is 0.551. The van der Waals surface area contributed by atoms with Gasteiger partial charge >= 0.3 is 0 Å². The molecule has 0 saturated carbocycles. The van der Waals surface area contributed by atoms with Crippen molar-refractivity contribution in [3.63, 3.8) is 0 Å². The molecule has 0 bridgehead atoms. The van der Waals surface area contributed by atoms with Crippen LogP contribution < -0.4 is 5.32 Å². The van der Waals surface area contributed by atoms with Crippen LogP contribution in [0.4, 0.5) is 4.39 Å². The number of thiophene rings is 1. The van der Waals surface area contributed by atoms with Crippen LogP contribution in [0.3, 0.4) is 0 Å². The quantitative estimate of drug-likeness (QED) is 0.424. The predicted octanol–water partition coefficient (Wildman–Crippen LogP) is 3.83. The normalized spacial score (nSPS) is 17.3. The van der Waals surface area contributed by atoms with E-state index in [1.807, 2.05) is 35.7 Å². The number of likely N-dealkylation sites (tertiary alicyclic amines) is 1. The number of nitrogens with zero attached hydrogens (tertiary/aromatic N) is 1. The van der Waals surface area contributed by atoms with E-state index in [0.29, 0.717) is 30.8 Å². The lowest BCUT2D eigenvalue weighted by Gasteiger charge is -2.28. The monoisotopic (exact) mass is 516 g/mol. The Labute approximate surface area is 212 Å². The van der Waals surface area contributed by atoms with Gasteiger partial charge in [-0.05, 0) is 71.7 Å². The smallest absolute Gasteiger partial charge is 0.255 e. The van der Waals surface area contributed by atoms with Crippen LogP contribution in [0.5, 0.6) is 0 Å². The highest BCUT2D eigenvalue weighted by molar-refractivity contribution is 7.10. The number of carbonyl (C=O) groups is 2. The summed E-state index contributed by atoms with van der Waals surface area (Å²) < 4.78 is 13.3. The molecule has 1 saturated heterocycles. The molecule has 184 valence electrons. The van der Waals surface area contributed by atoms with Crippen LogP contribution in [0.1, 0.15) is 40.5 Å². The lowest BCUT2D eigenvalue weighted by molar-refractivity contribution is -0.153. The minimum atomic E-state index is -1.90. The summed E-state index contributed by atoms with van der Waals surface area (Å²) in [4.78, 5) is 27.6. The van der Waals surface area contributed by atoms with Crippen molar-refractivity contribution in [2.45, 2.75) is 44.1 Å². The molecular weight excluding hydrogens is 491 g/mol. The van der Waals surface area contributed by atoms with Crippen LogP contribution in [0, 0.1) is 5.82 Å². The molecule has 1 fully saturated rings. The Morgan fingerprint density at radius 1 is 1.11 bits per heavy atom. The molecule has 4 rings (SSSR count). The first-order chi connectivity index (χ1) is 16.8. The van der Waals surface area contributed by atoms with Crippen LogP contribution in [0.2, 0.25) is 5.02 Å². The SMILES string of the molecule is O=C(NCc1cc(Cc2cccc(Cl)c2)cs1)[C@H](O)[C@@H](O)C(=O)N1CCCC1c1ccc(F)cc1. The van der Waals surface area contributed by atoms with Gasteiger partial charge in [-0.1, -0.05) is 35.9 Å². The lowest BCUT2D eigenvalue weighted by Crippen LogP contribution is -2.50. The van der Waals surface area contributed by atoms with E-state index in [1.165, 1.54) is 28.4 Å². The Kier molecular flexibility index (Phi) is 8.18. The lowest BCUT2D eigenvalue weighted by atomic mass is 10.0. The Balaban J connectivity index is 1.31. The first-order valence-electron chi connectivity index (χ1n) is 11.3. The van der Waals surface area contributed by atoms with E-state index >= 15 is 0 Å². The molecule has 1 aliphatic heterocycles. The summed E-state index contributed by atoms with van der Waals surface area (Å²) >= 11 is 7.50. The number of aliphatic hydroxyl groups is 2. The molecule has 1 unspecified atom stereocenters. The van der Waals surface area contributed by atoms with Crippen molar-refractivity contribution in [3.8, 4) is 0 Å². The fourth-order valence-corrected chi connectivity index (χ4v) is 5.33. The van der Waals surface area contributed by atoms with Crippen molar-refractivity contribution in [2.24, 2.45) is 0 Å². The zero-order valence-corrected chi connectivity index (χ0v) is 20.4. The van der Waals surface area contributed by atoms with Gasteiger partial charge in [-0.3, -0.25) is 9.59 Å². The maximum atomic E-state index is 13.3. The summed E-state index contributed by atoms with van der Waals surface area (Å²) in [5, 5.41) is 26.0. The second kappa shape index (κ2) is 11.3. The van der Waals surface area contributed by atoms with Crippen LogP contribution in [0.25, 0.3) is 0 Å². The van der Waals surface area contributed by atoms with E-state index in [1.54, 1.807) is 12.1 Å². The van der Waals surface area contributed by atoms with E-state index in [4.69, 9.17) is 11.6 Å². The highest BCUT2D eigenvalue weighted by Crippen LogP contribution is 2.32. The molecule has 1 aliphatic rings. The second-order valence-electron chi connectivity index (χ2n) is 8.58. The standard InChI is InChI=1S/C26H26ClFN2O4S/c27-19-4-1-3-16(12-19)11-17-13-21(35-15-17)14-29-25(33)23(31)24(32)26(34)30-10-2-5-22(30)18-6-8-20(28)9-7-18/h1,3-4,6-9,12-13,15,22-24,31-32H,2,5,10-11,14H2,(H,29,33)/t22?,23-,24-/m1/s1. The van der Waals surface area contributed by atoms with Gasteiger partial charge < -0.3 is 20.4 Å². The first kappa shape index (κ1) is 25.3. The topological polar surface area (TPSA) is 89.9 Å². The number of benzene rings is 2. The number of hydrogen-bond donors (Lipinski definition) is 3. The first-order valence-corrected chi connectivity index (χ1v) is 12.6. The van der Waals surface area contributed by atoms with Gasteiger partial charge in [-0.15, -0.1) is 11.3 Å². The van der Waals surface area contributed by atoms with Gasteiger partial charge in [0, 0.05) is 16.4 Å². The van der Waals surface area contributed by atoms with Gasteiger partial charge in [0.2, 0.25) is 0 Å². The van der Waals surface area contributed by atoms with Crippen molar-refractivity contribution < 1.29 is 24.2 Å². The molecule has 2 aromatic carbocycles. The fraction of sp³-hybridized carbons (Fsp3) is 0.308. The Bertz CT molecular complexity index is 1190. The highest BCUT2D eigenvalue weighted by Gasteiger charge is 2.38. The van der Waals surface area contributed by atoms with Crippen molar-refractivity contribution in [1.82, 2.24) is 10.2 Å².